The normalized spacial score (nSPS) is 42.3. The van der Waals surface area contributed by atoms with E-state index in [1.165, 1.54) is 40.0 Å². The van der Waals surface area contributed by atoms with Gasteiger partial charge in [0.25, 0.3) is 0 Å². The van der Waals surface area contributed by atoms with Crippen LogP contribution < -0.4 is 0 Å². The van der Waals surface area contributed by atoms with Crippen molar-refractivity contribution in [2.75, 3.05) is 40.0 Å². The van der Waals surface area contributed by atoms with E-state index in [1.54, 1.807) is 0 Å². The first-order chi connectivity index (χ1) is 6.90. The molecule has 0 radical (unpaired) electrons. The first-order valence-electron chi connectivity index (χ1n) is 4.49. The predicted molar refractivity (Wildman–Crippen MR) is 42.4 cm³/mol. The van der Waals surface area contributed by atoms with E-state index in [2.05, 4.69) is 19.6 Å². The van der Waals surface area contributed by atoms with Crippen molar-refractivity contribution in [3.8, 4) is 0 Å². The SMILES string of the molecule is C1N2CN3CN1CN(C2)C3.[O]=[Mo](=[O])([OH])[OH]. The van der Waals surface area contributed by atoms with Gasteiger partial charge in [-0.05, 0) is 0 Å². The van der Waals surface area contributed by atoms with Gasteiger partial charge in [-0.1, -0.05) is 0 Å². The standard InChI is InChI=1S/C6H12N4.Mo.2H2O.2O/c1-7-2-9-4-8(1)5-10(3-7)6-9;;;;;/h1-6H2;;2*1H2;;/q;+2;;;;/p-2. The molecule has 4 saturated heterocycles. The summed E-state index contributed by atoms with van der Waals surface area (Å²) in [5.74, 6) is 0. The van der Waals surface area contributed by atoms with Crippen LogP contribution in [0.4, 0.5) is 0 Å². The zero-order chi connectivity index (χ0) is 11.1. The molecule has 0 aromatic rings. The summed E-state index contributed by atoms with van der Waals surface area (Å²) < 4.78 is 32.0. The zero-order valence-electron chi connectivity index (χ0n) is 8.15. The molecular weight excluding hydrogens is 288 g/mol. The van der Waals surface area contributed by atoms with Gasteiger partial charge in [0.05, 0.1) is 40.0 Å². The fourth-order valence-electron chi connectivity index (χ4n) is 2.23. The van der Waals surface area contributed by atoms with E-state index in [4.69, 9.17) is 14.3 Å². The van der Waals surface area contributed by atoms with Crippen molar-refractivity contribution in [2.45, 2.75) is 0 Å². The van der Waals surface area contributed by atoms with Crippen LogP contribution in [0, 0.1) is 0 Å². The fraction of sp³-hybridized carbons (Fsp3) is 1.00. The Morgan fingerprint density at radius 3 is 0.933 bits per heavy atom. The minimum atomic E-state index is -5.52. The Kier molecular flexibility index (Phi) is 3.18. The molecule has 4 aliphatic heterocycles. The first kappa shape index (κ1) is 11.5. The van der Waals surface area contributed by atoms with Crippen molar-refractivity contribution in [3.63, 3.8) is 0 Å². The van der Waals surface area contributed by atoms with Gasteiger partial charge in [0.2, 0.25) is 0 Å². The van der Waals surface area contributed by atoms with Gasteiger partial charge in [-0.25, -0.2) is 0 Å². The summed E-state index contributed by atoms with van der Waals surface area (Å²) in [6, 6.07) is 0. The summed E-state index contributed by atoms with van der Waals surface area (Å²) in [5, 5.41) is 0. The molecule has 0 saturated carbocycles. The average molecular weight is 302 g/mol. The van der Waals surface area contributed by atoms with Crippen LogP contribution in [0.25, 0.3) is 0 Å². The Bertz CT molecular complexity index is 267. The van der Waals surface area contributed by atoms with Gasteiger partial charge in [0.1, 0.15) is 0 Å². The molecule has 9 heteroatoms. The predicted octanol–water partition coefficient (Wildman–Crippen LogP) is -2.37. The van der Waals surface area contributed by atoms with Gasteiger partial charge in [-0.15, -0.1) is 0 Å². The van der Waals surface area contributed by atoms with Crippen LogP contribution in [0.15, 0.2) is 0 Å². The number of hydrogen-bond acceptors (Lipinski definition) is 6. The molecule has 0 atom stereocenters. The van der Waals surface area contributed by atoms with E-state index < -0.39 is 16.7 Å². The third-order valence-corrected chi connectivity index (χ3v) is 2.40. The van der Waals surface area contributed by atoms with Gasteiger partial charge in [0.15, 0.2) is 0 Å². The summed E-state index contributed by atoms with van der Waals surface area (Å²) in [5.41, 5.74) is 0. The number of rotatable bonds is 0. The quantitative estimate of drug-likeness (QED) is 0.480. The molecule has 4 rings (SSSR count). The molecule has 0 aromatic carbocycles. The van der Waals surface area contributed by atoms with E-state index in [0.29, 0.717) is 0 Å². The zero-order valence-corrected chi connectivity index (χ0v) is 10.2. The average Bonchev–Trinajstić information content (AvgIpc) is 1.96. The van der Waals surface area contributed by atoms with Gasteiger partial charge < -0.3 is 0 Å². The molecule has 4 aliphatic rings. The van der Waals surface area contributed by atoms with Gasteiger partial charge in [0, 0.05) is 0 Å². The monoisotopic (exact) mass is 304 g/mol. The summed E-state index contributed by atoms with van der Waals surface area (Å²) in [7, 11) is 0. The van der Waals surface area contributed by atoms with Crippen LogP contribution in [0.2, 0.25) is 0 Å². The van der Waals surface area contributed by atoms with E-state index in [0.717, 1.165) is 0 Å². The molecule has 15 heavy (non-hydrogen) atoms. The van der Waals surface area contributed by atoms with Gasteiger partial charge in [-0.3, -0.25) is 19.6 Å². The molecule has 0 spiro atoms. The Hall–Kier alpha value is 0.0483. The van der Waals surface area contributed by atoms with Crippen molar-refractivity contribution >= 4 is 0 Å². The van der Waals surface area contributed by atoms with E-state index >= 15 is 0 Å². The Morgan fingerprint density at radius 1 is 0.667 bits per heavy atom. The molecule has 4 fully saturated rings. The molecule has 0 amide bonds. The maximum absolute atomic E-state index is 8.85. The molecule has 8 nitrogen and oxygen atoms in total. The fourth-order valence-corrected chi connectivity index (χ4v) is 2.23. The van der Waals surface area contributed by atoms with E-state index in [1.807, 2.05) is 0 Å². The summed E-state index contributed by atoms with van der Waals surface area (Å²) in [6.45, 7) is 7.12. The Balaban J connectivity index is 0.000000149. The minimum absolute atomic E-state index is 1.19. The van der Waals surface area contributed by atoms with Crippen molar-refractivity contribution in [3.05, 3.63) is 0 Å². The van der Waals surface area contributed by atoms with Crippen LogP contribution in [-0.2, 0) is 23.5 Å². The molecule has 0 unspecified atom stereocenters. The summed E-state index contributed by atoms with van der Waals surface area (Å²) >= 11 is -5.52. The van der Waals surface area contributed by atoms with E-state index in [-0.39, 0.29) is 0 Å². The number of hydrogen-bond donors (Lipinski definition) is 2. The maximum atomic E-state index is 8.85. The molecule has 4 heterocycles. The van der Waals surface area contributed by atoms with Crippen LogP contribution >= 0.6 is 0 Å². The van der Waals surface area contributed by atoms with Crippen molar-refractivity contribution in [2.24, 2.45) is 0 Å². The third-order valence-electron chi connectivity index (χ3n) is 2.40. The van der Waals surface area contributed by atoms with Crippen molar-refractivity contribution in [1.29, 1.82) is 0 Å². The van der Waals surface area contributed by atoms with Gasteiger partial charge in [-0.2, -0.15) is 0 Å². The van der Waals surface area contributed by atoms with Crippen LogP contribution in [0.3, 0.4) is 0 Å². The molecule has 2 N–H and O–H groups in total. The topological polar surface area (TPSA) is 87.6 Å². The summed E-state index contributed by atoms with van der Waals surface area (Å²) in [6.07, 6.45) is 0. The first-order valence-corrected chi connectivity index (χ1v) is 7.93. The second kappa shape index (κ2) is 4.14. The molecule has 88 valence electrons. The second-order valence-corrected chi connectivity index (χ2v) is 6.18. The van der Waals surface area contributed by atoms with Gasteiger partial charge >= 0.3 is 31.1 Å². The molecule has 0 aliphatic carbocycles. The molecule has 0 aromatic heterocycles. The Morgan fingerprint density at radius 2 is 0.800 bits per heavy atom. The van der Waals surface area contributed by atoms with Crippen molar-refractivity contribution < 1.29 is 31.1 Å². The molecule has 4 bridgehead atoms. The second-order valence-electron chi connectivity index (χ2n) is 3.98. The third kappa shape index (κ3) is 3.53. The number of nitrogens with zero attached hydrogens (tertiary/aromatic N) is 4. The summed E-state index contributed by atoms with van der Waals surface area (Å²) in [4.78, 5) is 9.88. The molecular formula is C6H14MoN4O4. The van der Waals surface area contributed by atoms with Crippen molar-refractivity contribution in [1.82, 2.24) is 19.6 Å². The van der Waals surface area contributed by atoms with Crippen LogP contribution in [0.1, 0.15) is 0 Å². The Labute approximate surface area is 91.0 Å². The van der Waals surface area contributed by atoms with Crippen LogP contribution in [0.5, 0.6) is 0 Å². The van der Waals surface area contributed by atoms with Crippen LogP contribution in [-0.4, -0.2) is 67.1 Å². The van der Waals surface area contributed by atoms with E-state index in [9.17, 15) is 0 Å².